The number of ether oxygens (including phenoxy) is 1. The normalized spacial score (nSPS) is 46.0. The first-order chi connectivity index (χ1) is 10.9. The van der Waals surface area contributed by atoms with Crippen LogP contribution in [0.4, 0.5) is 0 Å². The molecule has 0 aromatic heterocycles. The largest absolute Gasteiger partial charge is 0.377 e. The number of nitrogens with zero attached hydrogens (tertiary/aromatic N) is 2. The molecular formula is C18H31N3O2. The van der Waals surface area contributed by atoms with Crippen LogP contribution in [0.1, 0.15) is 46.5 Å². The standard InChI is InChI=1S/C18H31N3O2/c1-12-10-20-8-4-6-13(20)11-21(12)16(22)18(19)14-7-5-9-23-15(14)17(18,2)3/h12-15H,4-11,19H2,1-3H3. The molecule has 1 saturated carbocycles. The summed E-state index contributed by atoms with van der Waals surface area (Å²) >= 11 is 0. The molecule has 2 N–H and O–H groups in total. The van der Waals surface area contributed by atoms with Crippen LogP contribution in [0.5, 0.6) is 0 Å². The van der Waals surface area contributed by atoms with E-state index in [0.29, 0.717) is 6.04 Å². The van der Waals surface area contributed by atoms with Crippen molar-refractivity contribution in [1.82, 2.24) is 9.80 Å². The molecule has 4 aliphatic rings. The first kappa shape index (κ1) is 15.9. The highest BCUT2D eigenvalue weighted by Crippen LogP contribution is 2.58. The van der Waals surface area contributed by atoms with Gasteiger partial charge < -0.3 is 15.4 Å². The summed E-state index contributed by atoms with van der Waals surface area (Å²) < 4.78 is 5.96. The summed E-state index contributed by atoms with van der Waals surface area (Å²) in [6.45, 7) is 10.3. The number of fused-ring (bicyclic) bond motifs is 2. The minimum atomic E-state index is -0.757. The van der Waals surface area contributed by atoms with E-state index in [4.69, 9.17) is 10.5 Å². The third-order valence-corrected chi connectivity index (χ3v) is 7.24. The summed E-state index contributed by atoms with van der Waals surface area (Å²) in [6, 6.07) is 0.803. The Morgan fingerprint density at radius 1 is 1.22 bits per heavy atom. The number of amides is 1. The lowest BCUT2D eigenvalue weighted by Crippen LogP contribution is -2.83. The van der Waals surface area contributed by atoms with Gasteiger partial charge in [0.2, 0.25) is 5.91 Å². The highest BCUT2D eigenvalue weighted by molar-refractivity contribution is 5.90. The maximum atomic E-state index is 13.5. The van der Waals surface area contributed by atoms with E-state index in [1.165, 1.54) is 19.4 Å². The summed E-state index contributed by atoms with van der Waals surface area (Å²) in [5.74, 6) is 0.362. The second kappa shape index (κ2) is 5.17. The predicted octanol–water partition coefficient (Wildman–Crippen LogP) is 1.21. The lowest BCUT2D eigenvalue weighted by molar-refractivity contribution is -0.232. The van der Waals surface area contributed by atoms with Gasteiger partial charge in [-0.2, -0.15) is 0 Å². The molecule has 5 atom stereocenters. The third-order valence-electron chi connectivity index (χ3n) is 7.24. The Balaban J connectivity index is 1.58. The van der Waals surface area contributed by atoms with Crippen molar-refractivity contribution in [2.24, 2.45) is 17.1 Å². The molecule has 3 heterocycles. The third kappa shape index (κ3) is 1.99. The van der Waals surface area contributed by atoms with Gasteiger partial charge in [-0.25, -0.2) is 0 Å². The Labute approximate surface area is 139 Å². The predicted molar refractivity (Wildman–Crippen MR) is 88.9 cm³/mol. The number of carbonyl (C=O) groups is 1. The fourth-order valence-electron chi connectivity index (χ4n) is 5.72. The second-order valence-corrected chi connectivity index (χ2v) is 8.73. The molecule has 5 unspecified atom stereocenters. The van der Waals surface area contributed by atoms with E-state index in [-0.39, 0.29) is 29.4 Å². The fraction of sp³-hybridized carbons (Fsp3) is 0.944. The highest BCUT2D eigenvalue weighted by Gasteiger charge is 2.71. The van der Waals surface area contributed by atoms with Crippen molar-refractivity contribution >= 4 is 5.91 Å². The molecule has 1 aliphatic carbocycles. The van der Waals surface area contributed by atoms with Crippen molar-refractivity contribution in [1.29, 1.82) is 0 Å². The number of hydrogen-bond donors (Lipinski definition) is 1. The Bertz CT molecular complexity index is 508. The molecule has 130 valence electrons. The molecule has 0 radical (unpaired) electrons. The van der Waals surface area contributed by atoms with E-state index >= 15 is 0 Å². The van der Waals surface area contributed by atoms with Crippen LogP contribution in [0.2, 0.25) is 0 Å². The number of piperazine rings is 1. The first-order valence-electron chi connectivity index (χ1n) is 9.33. The highest BCUT2D eigenvalue weighted by atomic mass is 16.5. The van der Waals surface area contributed by atoms with Gasteiger partial charge in [0, 0.05) is 43.1 Å². The molecule has 4 fully saturated rings. The van der Waals surface area contributed by atoms with Crippen LogP contribution >= 0.6 is 0 Å². The van der Waals surface area contributed by atoms with Crippen molar-refractivity contribution in [3.63, 3.8) is 0 Å². The number of nitrogens with two attached hydrogens (primary N) is 1. The molecule has 23 heavy (non-hydrogen) atoms. The van der Waals surface area contributed by atoms with Crippen LogP contribution in [-0.2, 0) is 9.53 Å². The minimum absolute atomic E-state index is 0.147. The molecule has 0 bridgehead atoms. The van der Waals surface area contributed by atoms with Gasteiger partial charge in [-0.1, -0.05) is 13.8 Å². The quantitative estimate of drug-likeness (QED) is 0.789. The monoisotopic (exact) mass is 321 g/mol. The first-order valence-corrected chi connectivity index (χ1v) is 9.33. The van der Waals surface area contributed by atoms with E-state index in [9.17, 15) is 4.79 Å². The van der Waals surface area contributed by atoms with E-state index in [0.717, 1.165) is 32.5 Å². The van der Waals surface area contributed by atoms with Gasteiger partial charge in [0.25, 0.3) is 0 Å². The van der Waals surface area contributed by atoms with Gasteiger partial charge >= 0.3 is 0 Å². The molecule has 4 rings (SSSR count). The Morgan fingerprint density at radius 2 is 2.00 bits per heavy atom. The Morgan fingerprint density at radius 3 is 2.78 bits per heavy atom. The number of hydrogen-bond acceptors (Lipinski definition) is 4. The average molecular weight is 321 g/mol. The zero-order valence-electron chi connectivity index (χ0n) is 14.8. The Kier molecular flexibility index (Phi) is 3.56. The van der Waals surface area contributed by atoms with Gasteiger partial charge in [-0.3, -0.25) is 9.69 Å². The summed E-state index contributed by atoms with van der Waals surface area (Å²) in [4.78, 5) is 18.1. The molecule has 0 aromatic rings. The Hall–Kier alpha value is -0.650. The van der Waals surface area contributed by atoms with Gasteiger partial charge in [-0.05, 0) is 39.2 Å². The van der Waals surface area contributed by atoms with Gasteiger partial charge in [-0.15, -0.1) is 0 Å². The molecular weight excluding hydrogens is 290 g/mol. The molecule has 3 saturated heterocycles. The molecule has 3 aliphatic heterocycles. The summed E-state index contributed by atoms with van der Waals surface area (Å²) in [6.07, 6.45) is 4.67. The summed E-state index contributed by atoms with van der Waals surface area (Å²) in [5.41, 5.74) is 5.79. The zero-order valence-corrected chi connectivity index (χ0v) is 14.8. The summed E-state index contributed by atoms with van der Waals surface area (Å²) in [5, 5.41) is 0. The number of rotatable bonds is 1. The van der Waals surface area contributed by atoms with Gasteiger partial charge in [0.15, 0.2) is 0 Å². The van der Waals surface area contributed by atoms with Gasteiger partial charge in [0.1, 0.15) is 5.54 Å². The lowest BCUT2D eigenvalue weighted by atomic mass is 9.46. The van der Waals surface area contributed by atoms with E-state index in [2.05, 4.69) is 30.6 Å². The van der Waals surface area contributed by atoms with Crippen molar-refractivity contribution in [3.05, 3.63) is 0 Å². The lowest BCUT2D eigenvalue weighted by Gasteiger charge is -2.66. The second-order valence-electron chi connectivity index (χ2n) is 8.73. The van der Waals surface area contributed by atoms with Gasteiger partial charge in [0.05, 0.1) is 6.10 Å². The van der Waals surface area contributed by atoms with Crippen molar-refractivity contribution in [3.8, 4) is 0 Å². The number of carbonyl (C=O) groups excluding carboxylic acids is 1. The van der Waals surface area contributed by atoms with Crippen LogP contribution in [0.3, 0.4) is 0 Å². The van der Waals surface area contributed by atoms with E-state index < -0.39 is 5.54 Å². The molecule has 0 aromatic carbocycles. The molecule has 5 nitrogen and oxygen atoms in total. The van der Waals surface area contributed by atoms with Crippen LogP contribution in [0.15, 0.2) is 0 Å². The van der Waals surface area contributed by atoms with Crippen LogP contribution < -0.4 is 5.73 Å². The van der Waals surface area contributed by atoms with Crippen molar-refractivity contribution < 1.29 is 9.53 Å². The smallest absolute Gasteiger partial charge is 0.244 e. The average Bonchev–Trinajstić information content (AvgIpc) is 2.99. The molecule has 0 spiro atoms. The molecule has 1 amide bonds. The SMILES string of the molecule is CC1CN2CCCC2CN1C(=O)C1(N)C2CCCOC2C1(C)C. The topological polar surface area (TPSA) is 58.8 Å². The van der Waals surface area contributed by atoms with Crippen LogP contribution in [0.25, 0.3) is 0 Å². The van der Waals surface area contributed by atoms with E-state index in [1.807, 2.05) is 0 Å². The van der Waals surface area contributed by atoms with Crippen molar-refractivity contribution in [2.75, 3.05) is 26.2 Å². The zero-order chi connectivity index (χ0) is 16.4. The maximum absolute atomic E-state index is 13.5. The fourth-order valence-corrected chi connectivity index (χ4v) is 5.72. The van der Waals surface area contributed by atoms with E-state index in [1.54, 1.807) is 0 Å². The molecule has 5 heteroatoms. The van der Waals surface area contributed by atoms with Crippen LogP contribution in [0, 0.1) is 11.3 Å². The van der Waals surface area contributed by atoms with Crippen LogP contribution in [-0.4, -0.2) is 65.7 Å². The summed E-state index contributed by atoms with van der Waals surface area (Å²) in [7, 11) is 0. The minimum Gasteiger partial charge on any atom is -0.377 e. The maximum Gasteiger partial charge on any atom is 0.244 e. The van der Waals surface area contributed by atoms with Crippen molar-refractivity contribution in [2.45, 2.75) is 70.2 Å².